The number of fused-ring (bicyclic) bond motifs is 1. The number of hydrogen-bond donors (Lipinski definition) is 2. The van der Waals surface area contributed by atoms with Gasteiger partial charge in [0, 0.05) is 6.54 Å². The van der Waals surface area contributed by atoms with Gasteiger partial charge in [0.05, 0.1) is 17.2 Å². The summed E-state index contributed by atoms with van der Waals surface area (Å²) in [6.07, 6.45) is 4.50. The first-order chi connectivity index (χ1) is 15.7. The van der Waals surface area contributed by atoms with Gasteiger partial charge in [0.25, 0.3) is 10.0 Å². The van der Waals surface area contributed by atoms with Gasteiger partial charge < -0.3 is 9.84 Å². The number of halogens is 1. The van der Waals surface area contributed by atoms with Crippen LogP contribution in [0.5, 0.6) is 5.75 Å². The predicted octanol–water partition coefficient (Wildman–Crippen LogP) is 4.18. The summed E-state index contributed by atoms with van der Waals surface area (Å²) in [6.45, 7) is 6.95. The Hall–Kier alpha value is -2.91. The van der Waals surface area contributed by atoms with Gasteiger partial charge in [0.2, 0.25) is 0 Å². The molecule has 9 heteroatoms. The van der Waals surface area contributed by atoms with Crippen LogP contribution >= 0.6 is 0 Å². The minimum absolute atomic E-state index is 0.0674. The van der Waals surface area contributed by atoms with E-state index < -0.39 is 21.8 Å². The van der Waals surface area contributed by atoms with Crippen LogP contribution in [0.2, 0.25) is 0 Å². The van der Waals surface area contributed by atoms with Crippen LogP contribution in [0.3, 0.4) is 0 Å². The molecule has 2 aliphatic heterocycles. The number of sulfonamides is 1. The van der Waals surface area contributed by atoms with Gasteiger partial charge in [-0.3, -0.25) is 9.62 Å². The highest BCUT2D eigenvalue weighted by Gasteiger charge is 2.31. The maximum absolute atomic E-state index is 13.9. The van der Waals surface area contributed by atoms with Gasteiger partial charge in [0.15, 0.2) is 0 Å². The molecule has 0 aliphatic carbocycles. The van der Waals surface area contributed by atoms with Crippen LogP contribution in [0, 0.1) is 11.7 Å². The summed E-state index contributed by atoms with van der Waals surface area (Å²) in [5, 5.41) is 9.85. The average molecular weight is 475 g/mol. The normalized spacial score (nSPS) is 20.7. The Kier molecular flexibility index (Phi) is 6.45. The van der Waals surface area contributed by atoms with E-state index in [1.54, 1.807) is 18.2 Å². The fourth-order valence-electron chi connectivity index (χ4n) is 4.06. The first-order valence-corrected chi connectivity index (χ1v) is 12.4. The van der Waals surface area contributed by atoms with E-state index in [1.165, 1.54) is 12.1 Å². The molecule has 2 aliphatic rings. The maximum Gasteiger partial charge on any atom is 0.341 e. The molecule has 7 nitrogen and oxygen atoms in total. The number of carbonyl (C=O) groups is 1. The van der Waals surface area contributed by atoms with Gasteiger partial charge in [-0.15, -0.1) is 0 Å². The molecule has 4 rings (SSSR count). The first kappa shape index (κ1) is 23.3. The van der Waals surface area contributed by atoms with E-state index in [9.17, 15) is 22.7 Å². The highest BCUT2D eigenvalue weighted by atomic mass is 32.2. The number of carboxylic acids is 1. The molecule has 176 valence electrons. The number of aromatic carboxylic acids is 1. The zero-order valence-corrected chi connectivity index (χ0v) is 19.4. The van der Waals surface area contributed by atoms with Crippen molar-refractivity contribution in [1.82, 2.24) is 4.90 Å². The summed E-state index contributed by atoms with van der Waals surface area (Å²) in [6, 6.07) is 6.54. The zero-order valence-electron chi connectivity index (χ0n) is 18.5. The zero-order chi connectivity index (χ0) is 23.8. The van der Waals surface area contributed by atoms with Crippen LogP contribution in [-0.4, -0.2) is 50.6 Å². The Bertz CT molecular complexity index is 1210. The molecule has 0 amide bonds. The van der Waals surface area contributed by atoms with Crippen molar-refractivity contribution >= 4 is 27.8 Å². The minimum Gasteiger partial charge on any atom is -0.492 e. The molecule has 2 N–H and O–H groups in total. The van der Waals surface area contributed by atoms with Crippen molar-refractivity contribution in [3.05, 3.63) is 58.9 Å². The average Bonchev–Trinajstić information content (AvgIpc) is 2.71. The summed E-state index contributed by atoms with van der Waals surface area (Å²) >= 11 is 0. The molecule has 2 unspecified atom stereocenters. The fourth-order valence-corrected chi connectivity index (χ4v) is 5.32. The number of likely N-dealkylation sites (tertiary alicyclic amines) is 1. The monoisotopic (exact) mass is 474 g/mol. The minimum atomic E-state index is -4.21. The van der Waals surface area contributed by atoms with E-state index in [4.69, 9.17) is 4.74 Å². The van der Waals surface area contributed by atoms with Crippen molar-refractivity contribution < 1.29 is 27.4 Å². The van der Waals surface area contributed by atoms with Gasteiger partial charge in [0.1, 0.15) is 17.1 Å². The van der Waals surface area contributed by atoms with Gasteiger partial charge in [-0.1, -0.05) is 32.1 Å². The number of carboxylic acid groups (broad SMARTS) is 1. The number of nitrogens with one attached hydrogen (secondary N) is 1. The summed E-state index contributed by atoms with van der Waals surface area (Å²) in [5.74, 6) is -1.40. The molecule has 2 atom stereocenters. The molecule has 0 aromatic heterocycles. The Labute approximate surface area is 192 Å². The molecule has 0 spiro atoms. The molecular formula is C24H27FN2O5S. The van der Waals surface area contributed by atoms with Crippen molar-refractivity contribution in [2.24, 2.45) is 5.92 Å². The van der Waals surface area contributed by atoms with Crippen molar-refractivity contribution in [1.29, 1.82) is 0 Å². The largest absolute Gasteiger partial charge is 0.492 e. The highest BCUT2D eigenvalue weighted by Crippen LogP contribution is 2.42. The van der Waals surface area contributed by atoms with Crippen molar-refractivity contribution in [3.63, 3.8) is 0 Å². The predicted molar refractivity (Wildman–Crippen MR) is 124 cm³/mol. The molecule has 0 saturated carbocycles. The number of benzene rings is 2. The van der Waals surface area contributed by atoms with Gasteiger partial charge in [-0.2, -0.15) is 0 Å². The second-order valence-corrected chi connectivity index (χ2v) is 10.3. The molecule has 1 fully saturated rings. The second-order valence-electron chi connectivity index (χ2n) is 8.63. The fraction of sp³-hybridized carbons (Fsp3) is 0.375. The van der Waals surface area contributed by atoms with E-state index >= 15 is 0 Å². The molecular weight excluding hydrogens is 447 g/mol. The first-order valence-electron chi connectivity index (χ1n) is 10.9. The number of rotatable bonds is 7. The van der Waals surface area contributed by atoms with Crippen molar-refractivity contribution in [3.8, 4) is 5.75 Å². The third kappa shape index (κ3) is 4.74. The molecule has 0 bridgehead atoms. The lowest BCUT2D eigenvalue weighted by Crippen LogP contribution is -2.36. The molecule has 2 aromatic carbocycles. The topological polar surface area (TPSA) is 95.9 Å². The highest BCUT2D eigenvalue weighted by molar-refractivity contribution is 7.92. The Balaban J connectivity index is 1.69. The molecule has 2 heterocycles. The van der Waals surface area contributed by atoms with Crippen molar-refractivity contribution in [2.45, 2.75) is 31.1 Å². The van der Waals surface area contributed by atoms with Crippen molar-refractivity contribution in [2.75, 3.05) is 31.0 Å². The van der Waals surface area contributed by atoms with E-state index in [-0.39, 0.29) is 39.3 Å². The summed E-state index contributed by atoms with van der Waals surface area (Å²) < 4.78 is 48.5. The molecule has 1 saturated heterocycles. The standard InChI is InChI=1S/C24H27FN2O5S/c1-15-14-32-23-19(16(15)2)7-8-20(22(23)24(28)29)26-33(30,31)21-9-6-18(25)13-17(21)5-3-10-27-11-4-12-27/h3,5-9,13,15-16,26H,4,10-12,14H2,1-2H3,(H,28,29)/b5-3-. The Morgan fingerprint density at radius 3 is 2.70 bits per heavy atom. The summed E-state index contributed by atoms with van der Waals surface area (Å²) in [5.41, 5.74) is 0.594. The van der Waals surface area contributed by atoms with Gasteiger partial charge >= 0.3 is 5.97 Å². The maximum atomic E-state index is 13.9. The Morgan fingerprint density at radius 1 is 1.27 bits per heavy atom. The van der Waals surface area contributed by atoms with Crippen LogP contribution in [0.15, 0.2) is 41.3 Å². The quantitative estimate of drug-likeness (QED) is 0.625. The van der Waals surface area contributed by atoms with Crippen LogP contribution in [0.4, 0.5) is 10.1 Å². The molecule has 2 aromatic rings. The second kappa shape index (κ2) is 9.15. The smallest absolute Gasteiger partial charge is 0.341 e. The lowest BCUT2D eigenvalue weighted by Gasteiger charge is -2.30. The number of anilines is 1. The van der Waals surface area contributed by atoms with E-state index in [0.29, 0.717) is 13.2 Å². The number of nitrogens with zero attached hydrogens (tertiary/aromatic N) is 1. The van der Waals surface area contributed by atoms with Gasteiger partial charge in [-0.25, -0.2) is 17.6 Å². The lowest BCUT2D eigenvalue weighted by molar-refractivity contribution is 0.0690. The van der Waals surface area contributed by atoms with E-state index in [0.717, 1.165) is 37.2 Å². The Morgan fingerprint density at radius 2 is 2.03 bits per heavy atom. The summed E-state index contributed by atoms with van der Waals surface area (Å²) in [7, 11) is -4.21. The van der Waals surface area contributed by atoms with Crippen LogP contribution < -0.4 is 9.46 Å². The lowest BCUT2D eigenvalue weighted by atomic mass is 9.85. The van der Waals surface area contributed by atoms with Gasteiger partial charge in [-0.05, 0) is 66.7 Å². The van der Waals surface area contributed by atoms with E-state index in [2.05, 4.69) is 9.62 Å². The van der Waals surface area contributed by atoms with Crippen LogP contribution in [-0.2, 0) is 10.0 Å². The third-order valence-electron chi connectivity index (χ3n) is 6.35. The third-order valence-corrected chi connectivity index (χ3v) is 7.79. The van der Waals surface area contributed by atoms with Crippen LogP contribution in [0.25, 0.3) is 6.08 Å². The molecule has 0 radical (unpaired) electrons. The van der Waals surface area contributed by atoms with E-state index in [1.807, 2.05) is 13.8 Å². The number of ether oxygens (including phenoxy) is 1. The molecule has 33 heavy (non-hydrogen) atoms. The van der Waals surface area contributed by atoms with Crippen LogP contribution in [0.1, 0.15) is 47.7 Å². The number of hydrogen-bond acceptors (Lipinski definition) is 5. The SMILES string of the molecule is CC1COc2c(ccc(NS(=O)(=O)c3ccc(F)cc3/C=C\CN3CCC3)c2C(=O)O)C1C. The summed E-state index contributed by atoms with van der Waals surface area (Å²) in [4.78, 5) is 14.1.